The normalized spacial score (nSPS) is 10.9. The van der Waals surface area contributed by atoms with E-state index < -0.39 is 0 Å². The first-order chi connectivity index (χ1) is 11.1. The minimum atomic E-state index is -0.129. The molecule has 3 aromatic rings. The van der Waals surface area contributed by atoms with Gasteiger partial charge in [-0.3, -0.25) is 4.79 Å². The van der Waals surface area contributed by atoms with Gasteiger partial charge in [0.25, 0.3) is 0 Å². The molecule has 23 heavy (non-hydrogen) atoms. The van der Waals surface area contributed by atoms with Crippen molar-refractivity contribution in [2.24, 2.45) is 0 Å². The Morgan fingerprint density at radius 2 is 2.04 bits per heavy atom. The fraction of sp³-hybridized carbons (Fsp3) is 0.167. The van der Waals surface area contributed by atoms with Crippen molar-refractivity contribution in [3.8, 4) is 17.1 Å². The standard InChI is InChI=1S/C18H14BrClO3/c1-11-5-6-13(16(9-11)22-8-7-19)17-10-15(21)12-3-2-4-14(20)18(12)23-17/h2-6,9-10H,7-8H2,1H3. The maximum atomic E-state index is 12.4. The third-order valence-corrected chi connectivity index (χ3v) is 4.07. The maximum Gasteiger partial charge on any atom is 0.193 e. The highest BCUT2D eigenvalue weighted by atomic mass is 79.9. The van der Waals surface area contributed by atoms with Crippen molar-refractivity contribution in [1.29, 1.82) is 0 Å². The van der Waals surface area contributed by atoms with E-state index in [0.29, 0.717) is 39.4 Å². The molecule has 5 heteroatoms. The summed E-state index contributed by atoms with van der Waals surface area (Å²) in [6.45, 7) is 2.51. The number of alkyl halides is 1. The summed E-state index contributed by atoms with van der Waals surface area (Å²) < 4.78 is 11.7. The third kappa shape index (κ3) is 3.28. The molecular formula is C18H14BrClO3. The summed E-state index contributed by atoms with van der Waals surface area (Å²) in [6, 6.07) is 12.4. The van der Waals surface area contributed by atoms with Crippen LogP contribution >= 0.6 is 27.5 Å². The Kier molecular flexibility index (Phi) is 4.74. The van der Waals surface area contributed by atoms with Crippen LogP contribution in [0.5, 0.6) is 5.75 Å². The minimum absolute atomic E-state index is 0.129. The lowest BCUT2D eigenvalue weighted by molar-refractivity contribution is 0.345. The third-order valence-electron chi connectivity index (χ3n) is 3.44. The smallest absolute Gasteiger partial charge is 0.193 e. The van der Waals surface area contributed by atoms with Crippen LogP contribution in [-0.4, -0.2) is 11.9 Å². The second-order valence-corrected chi connectivity index (χ2v) is 6.33. The average molecular weight is 394 g/mol. The molecule has 3 rings (SSSR count). The van der Waals surface area contributed by atoms with E-state index in [-0.39, 0.29) is 5.43 Å². The van der Waals surface area contributed by atoms with Crippen LogP contribution in [0.2, 0.25) is 5.02 Å². The summed E-state index contributed by atoms with van der Waals surface area (Å²) in [6.07, 6.45) is 0. The lowest BCUT2D eigenvalue weighted by Gasteiger charge is -2.12. The van der Waals surface area contributed by atoms with E-state index in [1.165, 1.54) is 6.07 Å². The van der Waals surface area contributed by atoms with Crippen molar-refractivity contribution in [2.45, 2.75) is 6.92 Å². The van der Waals surface area contributed by atoms with E-state index in [4.69, 9.17) is 20.8 Å². The molecule has 0 atom stereocenters. The first-order valence-electron chi connectivity index (χ1n) is 7.12. The van der Waals surface area contributed by atoms with Crippen LogP contribution in [0, 0.1) is 6.92 Å². The number of para-hydroxylation sites is 1. The molecule has 0 aliphatic rings. The Labute approximate surface area is 147 Å². The largest absolute Gasteiger partial charge is 0.492 e. The molecule has 1 heterocycles. The van der Waals surface area contributed by atoms with Gasteiger partial charge in [-0.15, -0.1) is 0 Å². The molecule has 0 fully saturated rings. The molecule has 0 aliphatic heterocycles. The van der Waals surface area contributed by atoms with Crippen molar-refractivity contribution < 1.29 is 9.15 Å². The Morgan fingerprint density at radius 1 is 1.22 bits per heavy atom. The van der Waals surface area contributed by atoms with E-state index in [9.17, 15) is 4.79 Å². The van der Waals surface area contributed by atoms with Crippen LogP contribution in [0.4, 0.5) is 0 Å². The Morgan fingerprint density at radius 3 is 2.83 bits per heavy atom. The van der Waals surface area contributed by atoms with Gasteiger partial charge in [0.1, 0.15) is 11.5 Å². The van der Waals surface area contributed by atoms with Gasteiger partial charge in [-0.1, -0.05) is 39.7 Å². The predicted octanol–water partition coefficient (Wildman–Crippen LogP) is 5.20. The predicted molar refractivity (Wildman–Crippen MR) is 97.0 cm³/mol. The molecule has 0 saturated carbocycles. The van der Waals surface area contributed by atoms with E-state index in [1.54, 1.807) is 18.2 Å². The Bertz CT molecular complexity index is 918. The van der Waals surface area contributed by atoms with Crippen molar-refractivity contribution in [3.05, 3.63) is 63.3 Å². The van der Waals surface area contributed by atoms with Gasteiger partial charge in [0.2, 0.25) is 0 Å². The topological polar surface area (TPSA) is 39.4 Å². The molecular weight excluding hydrogens is 380 g/mol. The first kappa shape index (κ1) is 16.1. The van der Waals surface area contributed by atoms with Gasteiger partial charge in [0.05, 0.1) is 22.6 Å². The summed E-state index contributed by atoms with van der Waals surface area (Å²) in [7, 11) is 0. The number of fused-ring (bicyclic) bond motifs is 1. The molecule has 0 spiro atoms. The molecule has 2 aromatic carbocycles. The monoisotopic (exact) mass is 392 g/mol. The van der Waals surface area contributed by atoms with Crippen molar-refractivity contribution >= 4 is 38.5 Å². The fourth-order valence-corrected chi connectivity index (χ4v) is 2.75. The molecule has 0 N–H and O–H groups in total. The van der Waals surface area contributed by atoms with E-state index in [1.807, 2.05) is 25.1 Å². The summed E-state index contributed by atoms with van der Waals surface area (Å²) in [5.74, 6) is 1.12. The highest BCUT2D eigenvalue weighted by Crippen LogP contribution is 2.33. The number of halogens is 2. The van der Waals surface area contributed by atoms with Gasteiger partial charge in [-0.05, 0) is 36.8 Å². The molecule has 118 valence electrons. The van der Waals surface area contributed by atoms with Crippen LogP contribution in [0.25, 0.3) is 22.3 Å². The van der Waals surface area contributed by atoms with Crippen molar-refractivity contribution in [2.75, 3.05) is 11.9 Å². The maximum absolute atomic E-state index is 12.4. The van der Waals surface area contributed by atoms with Gasteiger partial charge < -0.3 is 9.15 Å². The van der Waals surface area contributed by atoms with Crippen LogP contribution < -0.4 is 10.2 Å². The van der Waals surface area contributed by atoms with Crippen LogP contribution in [-0.2, 0) is 0 Å². The SMILES string of the molecule is Cc1ccc(-c2cc(=O)c3cccc(Cl)c3o2)c(OCCBr)c1. The zero-order chi connectivity index (χ0) is 16.4. The molecule has 1 aromatic heterocycles. The lowest BCUT2D eigenvalue weighted by atomic mass is 10.1. The number of rotatable bonds is 4. The Hall–Kier alpha value is -1.78. The number of hydrogen-bond acceptors (Lipinski definition) is 3. The van der Waals surface area contributed by atoms with Crippen molar-refractivity contribution in [3.63, 3.8) is 0 Å². The number of aryl methyl sites for hydroxylation is 1. The quantitative estimate of drug-likeness (QED) is 0.572. The minimum Gasteiger partial charge on any atom is -0.492 e. The summed E-state index contributed by atoms with van der Waals surface area (Å²) >= 11 is 9.51. The molecule has 0 aliphatic carbocycles. The molecule has 0 bridgehead atoms. The van der Waals surface area contributed by atoms with Gasteiger partial charge in [-0.2, -0.15) is 0 Å². The van der Waals surface area contributed by atoms with Gasteiger partial charge in [-0.25, -0.2) is 0 Å². The zero-order valence-corrected chi connectivity index (χ0v) is 14.8. The fourth-order valence-electron chi connectivity index (χ4n) is 2.38. The first-order valence-corrected chi connectivity index (χ1v) is 8.62. The van der Waals surface area contributed by atoms with Gasteiger partial charge in [0.15, 0.2) is 11.0 Å². The summed E-state index contributed by atoms with van der Waals surface area (Å²) in [5.41, 5.74) is 2.06. The molecule has 0 amide bonds. The second kappa shape index (κ2) is 6.77. The Balaban J connectivity index is 2.21. The summed E-state index contributed by atoms with van der Waals surface area (Å²) in [5, 5.41) is 1.60. The molecule has 0 unspecified atom stereocenters. The average Bonchev–Trinajstić information content (AvgIpc) is 2.54. The number of ether oxygens (including phenoxy) is 1. The molecule has 0 saturated heterocycles. The zero-order valence-electron chi connectivity index (χ0n) is 12.4. The van der Waals surface area contributed by atoms with Gasteiger partial charge >= 0.3 is 0 Å². The van der Waals surface area contributed by atoms with E-state index in [2.05, 4.69) is 15.9 Å². The van der Waals surface area contributed by atoms with Crippen LogP contribution in [0.15, 0.2) is 51.7 Å². The lowest BCUT2D eigenvalue weighted by Crippen LogP contribution is -2.03. The molecule has 3 nitrogen and oxygen atoms in total. The molecule has 0 radical (unpaired) electrons. The highest BCUT2D eigenvalue weighted by Gasteiger charge is 2.13. The summed E-state index contributed by atoms with van der Waals surface area (Å²) in [4.78, 5) is 12.4. The van der Waals surface area contributed by atoms with Crippen LogP contribution in [0.1, 0.15) is 5.56 Å². The van der Waals surface area contributed by atoms with Crippen LogP contribution in [0.3, 0.4) is 0 Å². The van der Waals surface area contributed by atoms with Gasteiger partial charge in [0, 0.05) is 11.4 Å². The van der Waals surface area contributed by atoms with Crippen molar-refractivity contribution in [1.82, 2.24) is 0 Å². The van der Waals surface area contributed by atoms with E-state index >= 15 is 0 Å². The number of hydrogen-bond donors (Lipinski definition) is 0. The second-order valence-electron chi connectivity index (χ2n) is 5.13. The van der Waals surface area contributed by atoms with E-state index in [0.717, 1.165) is 11.1 Å². The highest BCUT2D eigenvalue weighted by molar-refractivity contribution is 9.09. The number of benzene rings is 2.